The molecule has 0 radical (unpaired) electrons. The molecule has 4 nitrogen and oxygen atoms in total. The van der Waals surface area contributed by atoms with E-state index in [0.29, 0.717) is 25.4 Å². The van der Waals surface area contributed by atoms with Crippen LogP contribution in [-0.4, -0.2) is 31.6 Å². The number of benzene rings is 2. The summed E-state index contributed by atoms with van der Waals surface area (Å²) in [4.78, 5) is 15.2. The van der Waals surface area contributed by atoms with Crippen molar-refractivity contribution in [2.24, 2.45) is 11.3 Å². The second kappa shape index (κ2) is 11.1. The van der Waals surface area contributed by atoms with E-state index in [2.05, 4.69) is 39.8 Å². The van der Waals surface area contributed by atoms with Crippen LogP contribution in [0.4, 0.5) is 0 Å². The molecule has 0 aliphatic rings. The van der Waals surface area contributed by atoms with Gasteiger partial charge in [0.15, 0.2) is 11.5 Å². The molecule has 0 aliphatic carbocycles. The van der Waals surface area contributed by atoms with Gasteiger partial charge >= 0.3 is 0 Å². The van der Waals surface area contributed by atoms with Gasteiger partial charge < -0.3 is 14.4 Å². The van der Waals surface area contributed by atoms with Crippen LogP contribution >= 0.6 is 0 Å². The van der Waals surface area contributed by atoms with Crippen LogP contribution in [0.3, 0.4) is 0 Å². The molecule has 0 N–H and O–H groups in total. The van der Waals surface area contributed by atoms with Crippen molar-refractivity contribution >= 4 is 5.91 Å². The molecule has 0 fully saturated rings. The summed E-state index contributed by atoms with van der Waals surface area (Å²) in [5.74, 6) is 2.01. The highest BCUT2D eigenvalue weighted by Crippen LogP contribution is 2.28. The van der Waals surface area contributed by atoms with E-state index in [1.807, 2.05) is 41.3 Å². The number of ether oxygens (including phenoxy) is 2. The number of carbonyl (C=O) groups excluding carboxylic acids is 1. The Morgan fingerprint density at radius 3 is 2.23 bits per heavy atom. The van der Waals surface area contributed by atoms with E-state index in [1.165, 1.54) is 0 Å². The van der Waals surface area contributed by atoms with Crippen molar-refractivity contribution in [1.29, 1.82) is 0 Å². The largest absolute Gasteiger partial charge is 0.493 e. The lowest BCUT2D eigenvalue weighted by molar-refractivity contribution is -0.132. The zero-order valence-electron chi connectivity index (χ0n) is 19.4. The topological polar surface area (TPSA) is 38.8 Å². The summed E-state index contributed by atoms with van der Waals surface area (Å²) in [5, 5.41) is 0. The van der Waals surface area contributed by atoms with Crippen molar-refractivity contribution in [3.8, 4) is 11.5 Å². The van der Waals surface area contributed by atoms with Crippen molar-refractivity contribution < 1.29 is 14.3 Å². The fourth-order valence-corrected chi connectivity index (χ4v) is 3.94. The zero-order chi connectivity index (χ0) is 22.1. The molecule has 0 aromatic heterocycles. The lowest BCUT2D eigenvalue weighted by Crippen LogP contribution is -2.34. The Morgan fingerprint density at radius 2 is 1.63 bits per heavy atom. The van der Waals surface area contributed by atoms with Gasteiger partial charge in [0.1, 0.15) is 0 Å². The van der Waals surface area contributed by atoms with E-state index in [1.54, 1.807) is 14.2 Å². The Bertz CT molecular complexity index is 796. The SMILES string of the molecule is COc1ccc(CCN(Cc2ccccc2)C(=O)C[C@H](C)CC(C)(C)C)cc1OC. The second-order valence-corrected chi connectivity index (χ2v) is 9.31. The monoisotopic (exact) mass is 411 g/mol. The van der Waals surface area contributed by atoms with Crippen LogP contribution in [0.15, 0.2) is 48.5 Å². The maximum atomic E-state index is 13.2. The summed E-state index contributed by atoms with van der Waals surface area (Å²) >= 11 is 0. The molecule has 1 amide bonds. The molecule has 0 bridgehead atoms. The van der Waals surface area contributed by atoms with E-state index in [9.17, 15) is 4.79 Å². The summed E-state index contributed by atoms with van der Waals surface area (Å²) in [6, 6.07) is 16.2. The maximum absolute atomic E-state index is 13.2. The Morgan fingerprint density at radius 1 is 0.967 bits per heavy atom. The first-order chi connectivity index (χ1) is 14.2. The number of carbonyl (C=O) groups is 1. The van der Waals surface area contributed by atoms with E-state index in [-0.39, 0.29) is 11.3 Å². The Labute approximate surface area is 182 Å². The zero-order valence-corrected chi connectivity index (χ0v) is 19.4. The van der Waals surface area contributed by atoms with Gasteiger partial charge in [-0.1, -0.05) is 64.1 Å². The van der Waals surface area contributed by atoms with Gasteiger partial charge in [-0.25, -0.2) is 0 Å². The Balaban J connectivity index is 2.10. The maximum Gasteiger partial charge on any atom is 0.223 e. The quantitative estimate of drug-likeness (QED) is 0.500. The molecular formula is C26H37NO3. The minimum absolute atomic E-state index is 0.219. The highest BCUT2D eigenvalue weighted by Gasteiger charge is 2.21. The predicted molar refractivity (Wildman–Crippen MR) is 123 cm³/mol. The van der Waals surface area contributed by atoms with Gasteiger partial charge in [0, 0.05) is 19.5 Å². The fourth-order valence-electron chi connectivity index (χ4n) is 3.94. The molecule has 2 aromatic carbocycles. The summed E-state index contributed by atoms with van der Waals surface area (Å²) in [6.45, 7) is 10.2. The summed E-state index contributed by atoms with van der Waals surface area (Å²) in [5.41, 5.74) is 2.51. The van der Waals surface area contributed by atoms with Crippen molar-refractivity contribution in [2.45, 2.75) is 53.5 Å². The van der Waals surface area contributed by atoms with Crippen LogP contribution < -0.4 is 9.47 Å². The first-order valence-corrected chi connectivity index (χ1v) is 10.7. The molecule has 0 aliphatic heterocycles. The molecule has 0 spiro atoms. The molecular weight excluding hydrogens is 374 g/mol. The van der Waals surface area contributed by atoms with Crippen molar-refractivity contribution in [3.05, 3.63) is 59.7 Å². The van der Waals surface area contributed by atoms with Gasteiger partial charge in [0.05, 0.1) is 14.2 Å². The van der Waals surface area contributed by atoms with Gasteiger partial charge in [-0.2, -0.15) is 0 Å². The van der Waals surface area contributed by atoms with Gasteiger partial charge in [-0.15, -0.1) is 0 Å². The molecule has 1 atom stereocenters. The van der Waals surface area contributed by atoms with E-state index >= 15 is 0 Å². The van der Waals surface area contributed by atoms with Gasteiger partial charge in [-0.3, -0.25) is 4.79 Å². The third-order valence-corrected chi connectivity index (χ3v) is 5.17. The fraction of sp³-hybridized carbons (Fsp3) is 0.500. The Hall–Kier alpha value is -2.49. The number of rotatable bonds is 10. The van der Waals surface area contributed by atoms with Crippen LogP contribution in [-0.2, 0) is 17.8 Å². The average molecular weight is 412 g/mol. The summed E-state index contributed by atoms with van der Waals surface area (Å²) in [6.07, 6.45) is 2.39. The average Bonchev–Trinajstić information content (AvgIpc) is 2.70. The first kappa shape index (κ1) is 23.8. The minimum Gasteiger partial charge on any atom is -0.493 e. The second-order valence-electron chi connectivity index (χ2n) is 9.31. The molecule has 0 heterocycles. The smallest absolute Gasteiger partial charge is 0.223 e. The molecule has 164 valence electrons. The number of hydrogen-bond acceptors (Lipinski definition) is 3. The molecule has 2 aromatic rings. The molecule has 0 saturated carbocycles. The lowest BCUT2D eigenvalue weighted by Gasteiger charge is -2.27. The van der Waals surface area contributed by atoms with E-state index in [4.69, 9.17) is 9.47 Å². The van der Waals surface area contributed by atoms with Crippen LogP contribution in [0.2, 0.25) is 0 Å². The summed E-state index contributed by atoms with van der Waals surface area (Å²) in [7, 11) is 3.28. The predicted octanol–water partition coefficient (Wildman–Crippen LogP) is 5.74. The third-order valence-electron chi connectivity index (χ3n) is 5.17. The lowest BCUT2D eigenvalue weighted by atomic mass is 9.84. The minimum atomic E-state index is 0.219. The number of methoxy groups -OCH3 is 2. The van der Waals surface area contributed by atoms with Crippen molar-refractivity contribution in [3.63, 3.8) is 0 Å². The highest BCUT2D eigenvalue weighted by atomic mass is 16.5. The molecule has 4 heteroatoms. The van der Waals surface area contributed by atoms with Crippen LogP contribution in [0.25, 0.3) is 0 Å². The molecule has 2 rings (SSSR count). The number of hydrogen-bond donors (Lipinski definition) is 0. The van der Waals surface area contributed by atoms with Crippen LogP contribution in [0, 0.1) is 11.3 Å². The number of nitrogens with zero attached hydrogens (tertiary/aromatic N) is 1. The van der Waals surface area contributed by atoms with Gasteiger partial charge in [0.2, 0.25) is 5.91 Å². The van der Waals surface area contributed by atoms with E-state index < -0.39 is 0 Å². The normalized spacial score (nSPS) is 12.3. The standard InChI is InChI=1S/C26H37NO3/c1-20(18-26(2,3)4)16-25(28)27(19-22-10-8-7-9-11-22)15-14-21-12-13-23(29-5)24(17-21)30-6/h7-13,17,20H,14-16,18-19H2,1-6H3/t20-/m0/s1. The van der Waals surface area contributed by atoms with Gasteiger partial charge in [-0.05, 0) is 47.4 Å². The Kier molecular flexibility index (Phi) is 8.76. The number of amides is 1. The van der Waals surface area contributed by atoms with Crippen molar-refractivity contribution in [1.82, 2.24) is 4.90 Å². The molecule has 30 heavy (non-hydrogen) atoms. The third kappa shape index (κ3) is 7.74. The van der Waals surface area contributed by atoms with Gasteiger partial charge in [0.25, 0.3) is 0 Å². The van der Waals surface area contributed by atoms with Crippen molar-refractivity contribution in [2.75, 3.05) is 20.8 Å². The first-order valence-electron chi connectivity index (χ1n) is 10.7. The van der Waals surface area contributed by atoms with E-state index in [0.717, 1.165) is 35.5 Å². The highest BCUT2D eigenvalue weighted by molar-refractivity contribution is 5.76. The van der Waals surface area contributed by atoms with Crippen LogP contribution in [0.1, 0.15) is 51.7 Å². The molecule has 0 saturated heterocycles. The summed E-state index contributed by atoms with van der Waals surface area (Å²) < 4.78 is 10.7. The molecule has 0 unspecified atom stereocenters. The van der Waals surface area contributed by atoms with Crippen LogP contribution in [0.5, 0.6) is 11.5 Å².